The van der Waals surface area contributed by atoms with E-state index >= 15 is 0 Å². The van der Waals surface area contributed by atoms with Gasteiger partial charge in [-0.15, -0.1) is 0 Å². The van der Waals surface area contributed by atoms with E-state index in [1.54, 1.807) is 25.0 Å². The van der Waals surface area contributed by atoms with Gasteiger partial charge in [0.15, 0.2) is 6.61 Å². The summed E-state index contributed by atoms with van der Waals surface area (Å²) in [5.41, 5.74) is 1.83. The monoisotopic (exact) mass is 459 g/mol. The van der Waals surface area contributed by atoms with Gasteiger partial charge in [0.25, 0.3) is 5.91 Å². The van der Waals surface area contributed by atoms with Crippen molar-refractivity contribution in [3.05, 3.63) is 47.5 Å². The number of carbonyl (C=O) groups excluding carboxylic acids is 2. The molecule has 1 saturated heterocycles. The largest absolute Gasteiger partial charge is 0.497 e. The van der Waals surface area contributed by atoms with Gasteiger partial charge < -0.3 is 19.7 Å². The van der Waals surface area contributed by atoms with Crippen LogP contribution in [0, 0.1) is 6.92 Å². The molecule has 2 aromatic rings. The van der Waals surface area contributed by atoms with E-state index in [9.17, 15) is 18.0 Å². The smallest absolute Gasteiger partial charge is 0.262 e. The van der Waals surface area contributed by atoms with Crippen LogP contribution in [0.25, 0.3) is 0 Å². The third-order valence-corrected chi connectivity index (χ3v) is 7.65. The minimum Gasteiger partial charge on any atom is -0.497 e. The molecule has 0 unspecified atom stereocenters. The number of nitrogens with one attached hydrogen (secondary N) is 1. The average Bonchev–Trinajstić information content (AvgIpc) is 2.78. The van der Waals surface area contributed by atoms with Crippen LogP contribution in [-0.4, -0.2) is 69.3 Å². The van der Waals surface area contributed by atoms with E-state index < -0.39 is 10.0 Å². The van der Waals surface area contributed by atoms with E-state index in [4.69, 9.17) is 9.47 Å². The summed E-state index contributed by atoms with van der Waals surface area (Å²) < 4.78 is 38.5. The topological polar surface area (TPSA) is 105 Å². The Morgan fingerprint density at radius 2 is 1.91 bits per heavy atom. The number of fused-ring (bicyclic) bond motifs is 1. The number of hydrogen-bond acceptors (Lipinski definition) is 6. The standard InChI is InChI=1S/C22H25N3O6S/c1-15-10-18-19(31-14-21(26)23-18)13-20(15)32(28,29)25-8-6-24(7-9-25)22(27)12-16-4-3-5-17(11-16)30-2/h3-5,10-11,13H,6-9,12,14H2,1-2H3,(H,23,26). The summed E-state index contributed by atoms with van der Waals surface area (Å²) in [4.78, 5) is 26.0. The van der Waals surface area contributed by atoms with Gasteiger partial charge in [-0.1, -0.05) is 12.1 Å². The fraction of sp³-hybridized carbons (Fsp3) is 0.364. The maximum Gasteiger partial charge on any atom is 0.262 e. The normalized spacial score (nSPS) is 16.7. The summed E-state index contributed by atoms with van der Waals surface area (Å²) in [7, 11) is -2.19. The number of ether oxygens (including phenoxy) is 2. The molecule has 0 aromatic heterocycles. The van der Waals surface area contributed by atoms with E-state index in [-0.39, 0.29) is 42.8 Å². The highest BCUT2D eigenvalue weighted by molar-refractivity contribution is 7.89. The summed E-state index contributed by atoms with van der Waals surface area (Å²) in [6.45, 7) is 2.59. The van der Waals surface area contributed by atoms with E-state index in [2.05, 4.69) is 5.32 Å². The number of nitrogens with zero attached hydrogens (tertiary/aromatic N) is 2. The molecule has 170 valence electrons. The first-order valence-corrected chi connectivity index (χ1v) is 11.7. The van der Waals surface area contributed by atoms with Gasteiger partial charge in [0.05, 0.1) is 24.1 Å². The summed E-state index contributed by atoms with van der Waals surface area (Å²) in [5.74, 6) is 0.697. The van der Waals surface area contributed by atoms with E-state index in [1.165, 1.54) is 10.4 Å². The third-order valence-electron chi connectivity index (χ3n) is 5.61. The molecule has 0 saturated carbocycles. The average molecular weight is 460 g/mol. The molecule has 2 aliphatic rings. The molecule has 4 rings (SSSR count). The molecule has 2 aliphatic heterocycles. The second-order valence-electron chi connectivity index (χ2n) is 7.76. The van der Waals surface area contributed by atoms with Crippen molar-refractivity contribution in [2.75, 3.05) is 45.2 Å². The van der Waals surface area contributed by atoms with Crippen molar-refractivity contribution in [1.82, 2.24) is 9.21 Å². The van der Waals surface area contributed by atoms with Crippen molar-refractivity contribution in [3.63, 3.8) is 0 Å². The van der Waals surface area contributed by atoms with Gasteiger partial charge in [-0.3, -0.25) is 9.59 Å². The Hall–Kier alpha value is -3.11. The summed E-state index contributed by atoms with van der Waals surface area (Å²) in [6.07, 6.45) is 0.233. The maximum absolute atomic E-state index is 13.3. The summed E-state index contributed by atoms with van der Waals surface area (Å²) in [5, 5.41) is 2.68. The molecular weight excluding hydrogens is 434 g/mol. The Balaban J connectivity index is 1.43. The van der Waals surface area contributed by atoms with Gasteiger partial charge in [0, 0.05) is 32.2 Å². The van der Waals surface area contributed by atoms with Gasteiger partial charge in [0.2, 0.25) is 15.9 Å². The fourth-order valence-electron chi connectivity index (χ4n) is 3.88. The van der Waals surface area contributed by atoms with Crippen molar-refractivity contribution in [2.24, 2.45) is 0 Å². The number of anilines is 1. The van der Waals surface area contributed by atoms with Crippen LogP contribution in [0.2, 0.25) is 0 Å². The van der Waals surface area contributed by atoms with Crippen LogP contribution in [0.4, 0.5) is 5.69 Å². The van der Waals surface area contributed by atoms with Crippen LogP contribution in [0.15, 0.2) is 41.3 Å². The minimum absolute atomic E-state index is 0.0515. The number of carbonyl (C=O) groups is 2. The molecule has 0 radical (unpaired) electrons. The predicted molar refractivity (Wildman–Crippen MR) is 117 cm³/mol. The lowest BCUT2D eigenvalue weighted by molar-refractivity contribution is -0.131. The summed E-state index contributed by atoms with van der Waals surface area (Å²) in [6, 6.07) is 10.4. The number of methoxy groups -OCH3 is 1. The molecule has 2 aromatic carbocycles. The lowest BCUT2D eigenvalue weighted by atomic mass is 10.1. The van der Waals surface area contributed by atoms with Crippen molar-refractivity contribution in [2.45, 2.75) is 18.2 Å². The van der Waals surface area contributed by atoms with Crippen LogP contribution >= 0.6 is 0 Å². The second kappa shape index (κ2) is 8.79. The van der Waals surface area contributed by atoms with Gasteiger partial charge in [-0.25, -0.2) is 8.42 Å². The molecule has 2 heterocycles. The SMILES string of the molecule is COc1cccc(CC(=O)N2CCN(S(=O)(=O)c3cc4c(cc3C)NC(=O)CO4)CC2)c1. The Bertz CT molecular complexity index is 1160. The van der Waals surface area contributed by atoms with Crippen molar-refractivity contribution in [1.29, 1.82) is 0 Å². The van der Waals surface area contributed by atoms with Gasteiger partial charge in [0.1, 0.15) is 11.5 Å². The number of sulfonamides is 1. The Morgan fingerprint density at radius 3 is 2.62 bits per heavy atom. The van der Waals surface area contributed by atoms with Crippen molar-refractivity contribution >= 4 is 27.5 Å². The van der Waals surface area contributed by atoms with E-state index in [1.807, 2.05) is 24.3 Å². The molecule has 0 aliphatic carbocycles. The van der Waals surface area contributed by atoms with Crippen LogP contribution in [0.3, 0.4) is 0 Å². The van der Waals surface area contributed by atoms with Crippen LogP contribution in [0.5, 0.6) is 11.5 Å². The van der Waals surface area contributed by atoms with Gasteiger partial charge >= 0.3 is 0 Å². The van der Waals surface area contributed by atoms with Crippen LogP contribution in [-0.2, 0) is 26.0 Å². The molecule has 9 nitrogen and oxygen atoms in total. The molecule has 0 atom stereocenters. The molecule has 0 spiro atoms. The zero-order valence-corrected chi connectivity index (χ0v) is 18.8. The van der Waals surface area contributed by atoms with Gasteiger partial charge in [-0.2, -0.15) is 4.31 Å². The second-order valence-corrected chi connectivity index (χ2v) is 9.67. The Morgan fingerprint density at radius 1 is 1.16 bits per heavy atom. The number of amides is 2. The van der Waals surface area contributed by atoms with E-state index in [0.717, 1.165) is 5.56 Å². The quantitative estimate of drug-likeness (QED) is 0.725. The first kappa shape index (κ1) is 22.1. The Labute approximate surface area is 187 Å². The highest BCUT2D eigenvalue weighted by Crippen LogP contribution is 2.34. The van der Waals surface area contributed by atoms with Gasteiger partial charge in [-0.05, 0) is 36.2 Å². The highest BCUT2D eigenvalue weighted by atomic mass is 32.2. The number of aryl methyl sites for hydroxylation is 1. The molecule has 10 heteroatoms. The Kier molecular flexibility index (Phi) is 6.07. The number of hydrogen-bond donors (Lipinski definition) is 1. The molecule has 1 N–H and O–H groups in total. The highest BCUT2D eigenvalue weighted by Gasteiger charge is 2.32. The van der Waals surface area contributed by atoms with Crippen LogP contribution < -0.4 is 14.8 Å². The lowest BCUT2D eigenvalue weighted by Crippen LogP contribution is -2.51. The lowest BCUT2D eigenvalue weighted by Gasteiger charge is -2.34. The van der Waals surface area contributed by atoms with Crippen LogP contribution in [0.1, 0.15) is 11.1 Å². The molecule has 0 bridgehead atoms. The molecule has 32 heavy (non-hydrogen) atoms. The zero-order valence-electron chi connectivity index (χ0n) is 18.0. The summed E-state index contributed by atoms with van der Waals surface area (Å²) >= 11 is 0. The predicted octanol–water partition coefficient (Wildman–Crippen LogP) is 1.41. The molecular formula is C22H25N3O6S. The maximum atomic E-state index is 13.3. The third kappa shape index (κ3) is 4.42. The molecule has 1 fully saturated rings. The van der Waals surface area contributed by atoms with E-state index in [0.29, 0.717) is 35.8 Å². The zero-order chi connectivity index (χ0) is 22.9. The van der Waals surface area contributed by atoms with Crippen molar-refractivity contribution in [3.8, 4) is 11.5 Å². The van der Waals surface area contributed by atoms with Crippen molar-refractivity contribution < 1.29 is 27.5 Å². The molecule has 2 amide bonds. The first-order valence-electron chi connectivity index (χ1n) is 10.3. The first-order chi connectivity index (χ1) is 15.3. The number of benzene rings is 2. The minimum atomic E-state index is -3.77. The number of rotatable bonds is 5. The fourth-order valence-corrected chi connectivity index (χ4v) is 5.52. The number of piperazine rings is 1.